The van der Waals surface area contributed by atoms with Crippen LogP contribution in [0, 0.1) is 0 Å². The van der Waals surface area contributed by atoms with E-state index in [0.717, 1.165) is 0 Å². The van der Waals surface area contributed by atoms with Crippen molar-refractivity contribution in [2.24, 2.45) is 0 Å². The lowest BCUT2D eigenvalue weighted by molar-refractivity contribution is 1.19. The van der Waals surface area contributed by atoms with Gasteiger partial charge in [-0.3, -0.25) is 0 Å². The molecule has 0 unspecified atom stereocenters. The van der Waals surface area contributed by atoms with Crippen molar-refractivity contribution in [2.75, 3.05) is 0 Å². The fourth-order valence-electron chi connectivity index (χ4n) is 7.56. The van der Waals surface area contributed by atoms with Crippen molar-refractivity contribution >= 4 is 116 Å². The smallest absolute Gasteiger partial charge is 0.0555 e. The zero-order chi connectivity index (χ0) is 29.9. The quantitative estimate of drug-likeness (QED) is 0.178. The molecule has 0 bridgehead atoms. The molecule has 0 spiro atoms. The Morgan fingerprint density at radius 3 is 1.65 bits per heavy atom. The van der Waals surface area contributed by atoms with Gasteiger partial charge in [-0.25, -0.2) is 0 Å². The van der Waals surface area contributed by atoms with Crippen LogP contribution in [0.5, 0.6) is 0 Å². The van der Waals surface area contributed by atoms with Gasteiger partial charge in [0.1, 0.15) is 0 Å². The van der Waals surface area contributed by atoms with E-state index in [0.29, 0.717) is 0 Å². The van der Waals surface area contributed by atoms with Crippen LogP contribution >= 0.6 is 34.0 Å². The number of hydrogen-bond donors (Lipinski definition) is 0. The van der Waals surface area contributed by atoms with Gasteiger partial charge in [-0.15, -0.1) is 34.0 Å². The minimum atomic E-state index is 1.20. The van der Waals surface area contributed by atoms with E-state index in [9.17, 15) is 0 Å². The maximum Gasteiger partial charge on any atom is 0.0555 e. The molecule has 0 saturated heterocycles. The second kappa shape index (κ2) is 9.27. The summed E-state index contributed by atoms with van der Waals surface area (Å²) in [6.45, 7) is 0. The van der Waals surface area contributed by atoms with Gasteiger partial charge in [0.05, 0.1) is 11.0 Å². The molecule has 7 aromatic carbocycles. The van der Waals surface area contributed by atoms with E-state index in [4.69, 9.17) is 0 Å². The van der Waals surface area contributed by atoms with Crippen LogP contribution in [0.15, 0.2) is 140 Å². The molecule has 11 aromatic rings. The molecule has 0 atom stereocenters. The van der Waals surface area contributed by atoms with Crippen LogP contribution in [-0.4, -0.2) is 4.57 Å². The number of benzene rings is 7. The van der Waals surface area contributed by atoms with E-state index in [-0.39, 0.29) is 0 Å². The lowest BCUT2D eigenvalue weighted by Crippen LogP contribution is -1.93. The Balaban J connectivity index is 1.17. The second-order valence-electron chi connectivity index (χ2n) is 12.1. The summed E-state index contributed by atoms with van der Waals surface area (Å²) in [7, 11) is 0. The van der Waals surface area contributed by atoms with Crippen molar-refractivity contribution in [1.29, 1.82) is 0 Å². The molecule has 4 heterocycles. The summed E-state index contributed by atoms with van der Waals surface area (Å²) in [5, 5.41) is 10.6. The molecule has 4 aromatic heterocycles. The van der Waals surface area contributed by atoms with Crippen molar-refractivity contribution in [2.45, 2.75) is 0 Å². The van der Waals surface area contributed by atoms with E-state index >= 15 is 0 Å². The Morgan fingerprint density at radius 1 is 0.326 bits per heavy atom. The van der Waals surface area contributed by atoms with Gasteiger partial charge in [0.2, 0.25) is 0 Å². The van der Waals surface area contributed by atoms with Gasteiger partial charge < -0.3 is 4.57 Å². The van der Waals surface area contributed by atoms with E-state index < -0.39 is 0 Å². The highest BCUT2D eigenvalue weighted by Gasteiger charge is 2.18. The van der Waals surface area contributed by atoms with Gasteiger partial charge in [0, 0.05) is 88.1 Å². The Hall–Kier alpha value is -5.00. The minimum Gasteiger partial charge on any atom is -0.309 e. The highest BCUT2D eigenvalue weighted by Crippen LogP contribution is 2.46. The zero-order valence-corrected chi connectivity index (χ0v) is 26.9. The van der Waals surface area contributed by atoms with Crippen LogP contribution in [0.2, 0.25) is 0 Å². The SMILES string of the molecule is c1ccc2c(c1)sc1cc3c(cc12)c1ccccc1n3-c1ccc2sc3c(-c4cccc5c4sc4ccccc45)cccc3c2c1. The molecule has 214 valence electrons. The van der Waals surface area contributed by atoms with Crippen molar-refractivity contribution in [3.05, 3.63) is 140 Å². The average molecular weight is 638 g/mol. The lowest BCUT2D eigenvalue weighted by Gasteiger charge is -2.09. The van der Waals surface area contributed by atoms with Crippen LogP contribution in [-0.2, 0) is 0 Å². The monoisotopic (exact) mass is 637 g/mol. The summed E-state index contributed by atoms with van der Waals surface area (Å²) < 4.78 is 10.5. The van der Waals surface area contributed by atoms with E-state index in [1.807, 2.05) is 34.0 Å². The van der Waals surface area contributed by atoms with Crippen molar-refractivity contribution < 1.29 is 0 Å². The molecule has 0 saturated carbocycles. The highest BCUT2D eigenvalue weighted by atomic mass is 32.1. The summed E-state index contributed by atoms with van der Waals surface area (Å²) in [5.41, 5.74) is 6.36. The molecule has 0 radical (unpaired) electrons. The number of nitrogens with zero attached hydrogens (tertiary/aromatic N) is 1. The predicted molar refractivity (Wildman–Crippen MR) is 205 cm³/mol. The summed E-state index contributed by atoms with van der Waals surface area (Å²) in [5.74, 6) is 0. The van der Waals surface area contributed by atoms with E-state index in [1.54, 1.807) is 0 Å². The molecule has 0 aliphatic heterocycles. The highest BCUT2D eigenvalue weighted by molar-refractivity contribution is 7.27. The minimum absolute atomic E-state index is 1.20. The van der Waals surface area contributed by atoms with E-state index in [1.165, 1.54) is 99.1 Å². The third kappa shape index (κ3) is 3.38. The molecule has 0 fully saturated rings. The molecular weight excluding hydrogens is 615 g/mol. The average Bonchev–Trinajstić information content (AvgIpc) is 3.85. The van der Waals surface area contributed by atoms with E-state index in [2.05, 4.69) is 144 Å². The molecule has 0 N–H and O–H groups in total. The third-order valence-corrected chi connectivity index (χ3v) is 13.2. The van der Waals surface area contributed by atoms with Crippen molar-refractivity contribution in [3.8, 4) is 16.8 Å². The first-order valence-corrected chi connectivity index (χ1v) is 18.0. The normalized spacial score (nSPS) is 12.3. The predicted octanol–water partition coefficient (Wildman–Crippen LogP) is 13.6. The largest absolute Gasteiger partial charge is 0.309 e. The molecule has 11 rings (SSSR count). The number of aromatic nitrogens is 1. The van der Waals surface area contributed by atoms with Gasteiger partial charge in [0.15, 0.2) is 0 Å². The second-order valence-corrected chi connectivity index (χ2v) is 15.2. The standard InChI is InChI=1S/C42H23NS3/c1-4-16-35-25(9-1)32-22-34-27-11-3-5-17-37(27)44-40(34)23-36(32)43(35)24-19-20-39-33(21-24)31-15-8-14-30(42(31)46-39)29-13-7-12-28-26-10-2-6-18-38(26)45-41(28)29/h1-23H. The Morgan fingerprint density at radius 2 is 0.891 bits per heavy atom. The number of para-hydroxylation sites is 1. The summed E-state index contributed by atoms with van der Waals surface area (Å²) >= 11 is 5.71. The van der Waals surface area contributed by atoms with Gasteiger partial charge in [-0.2, -0.15) is 0 Å². The lowest BCUT2D eigenvalue weighted by atomic mass is 10.0. The molecule has 46 heavy (non-hydrogen) atoms. The van der Waals surface area contributed by atoms with Crippen LogP contribution in [0.3, 0.4) is 0 Å². The summed E-state index contributed by atoms with van der Waals surface area (Å²) in [6.07, 6.45) is 0. The van der Waals surface area contributed by atoms with Gasteiger partial charge in [0.25, 0.3) is 0 Å². The zero-order valence-electron chi connectivity index (χ0n) is 24.5. The number of fused-ring (bicyclic) bond motifs is 12. The van der Waals surface area contributed by atoms with Crippen LogP contribution < -0.4 is 0 Å². The molecule has 1 nitrogen and oxygen atoms in total. The molecular formula is C42H23NS3. The maximum atomic E-state index is 2.47. The van der Waals surface area contributed by atoms with Crippen LogP contribution in [0.25, 0.3) is 99.1 Å². The summed E-state index contributed by atoms with van der Waals surface area (Å²) in [4.78, 5) is 0. The van der Waals surface area contributed by atoms with Gasteiger partial charge in [-0.1, -0.05) is 91.0 Å². The van der Waals surface area contributed by atoms with Gasteiger partial charge in [-0.05, 0) is 48.5 Å². The molecule has 4 heteroatoms. The topological polar surface area (TPSA) is 4.93 Å². The Labute approximate surface area is 275 Å². The van der Waals surface area contributed by atoms with Gasteiger partial charge >= 0.3 is 0 Å². The number of hydrogen-bond acceptors (Lipinski definition) is 3. The molecule has 0 aliphatic carbocycles. The molecule has 0 amide bonds. The first-order valence-electron chi connectivity index (χ1n) is 15.5. The third-order valence-electron chi connectivity index (χ3n) is 9.60. The first kappa shape index (κ1) is 25.2. The van der Waals surface area contributed by atoms with Crippen molar-refractivity contribution in [1.82, 2.24) is 4.57 Å². The Bertz CT molecular complexity index is 3040. The van der Waals surface area contributed by atoms with Crippen LogP contribution in [0.4, 0.5) is 0 Å². The first-order chi connectivity index (χ1) is 22.8. The summed E-state index contributed by atoms with van der Waals surface area (Å²) in [6, 6.07) is 52.0. The fourth-order valence-corrected chi connectivity index (χ4v) is 11.1. The Kier molecular flexibility index (Phi) is 5.08. The van der Waals surface area contributed by atoms with Crippen molar-refractivity contribution in [3.63, 3.8) is 0 Å². The maximum absolute atomic E-state index is 2.47. The number of rotatable bonds is 2. The van der Waals surface area contributed by atoms with Crippen LogP contribution in [0.1, 0.15) is 0 Å². The fraction of sp³-hybridized carbons (Fsp3) is 0. The molecule has 0 aliphatic rings. The number of thiophene rings is 3.